The summed E-state index contributed by atoms with van der Waals surface area (Å²) >= 11 is 7.05. The second kappa shape index (κ2) is 7.96. The van der Waals surface area contributed by atoms with Crippen molar-refractivity contribution in [1.29, 1.82) is 0 Å². The van der Waals surface area contributed by atoms with Crippen molar-refractivity contribution in [1.82, 2.24) is 20.8 Å². The molecule has 3 aromatic rings. The Balaban J connectivity index is 1.54. The van der Waals surface area contributed by atoms with Crippen molar-refractivity contribution in [2.75, 3.05) is 5.75 Å². The Labute approximate surface area is 153 Å². The summed E-state index contributed by atoms with van der Waals surface area (Å²) in [6.07, 6.45) is 1.46. The van der Waals surface area contributed by atoms with E-state index >= 15 is 0 Å². The van der Waals surface area contributed by atoms with Gasteiger partial charge in [0, 0.05) is 16.0 Å². The van der Waals surface area contributed by atoms with Gasteiger partial charge in [-0.15, -0.1) is 0 Å². The zero-order chi connectivity index (χ0) is 17.6. The third kappa shape index (κ3) is 4.46. The van der Waals surface area contributed by atoms with E-state index in [1.165, 1.54) is 18.1 Å². The van der Waals surface area contributed by atoms with Gasteiger partial charge in [-0.1, -0.05) is 41.6 Å². The van der Waals surface area contributed by atoms with Crippen LogP contribution in [0.2, 0.25) is 5.02 Å². The van der Waals surface area contributed by atoms with Gasteiger partial charge in [-0.2, -0.15) is 0 Å². The van der Waals surface area contributed by atoms with Gasteiger partial charge in [0.2, 0.25) is 5.91 Å². The number of halogens is 1. The highest BCUT2D eigenvalue weighted by atomic mass is 35.5. The molecular formula is C17H13ClN4O2S. The summed E-state index contributed by atoms with van der Waals surface area (Å²) in [7, 11) is 0. The molecule has 0 fully saturated rings. The number of hydrogen-bond donors (Lipinski definition) is 2. The molecule has 2 amide bonds. The molecule has 0 saturated heterocycles. The predicted octanol–water partition coefficient (Wildman–Crippen LogP) is 2.84. The molecule has 2 N–H and O–H groups in total. The minimum absolute atomic E-state index is 0.113. The number of carbonyl (C=O) groups is 2. The number of rotatable bonds is 4. The van der Waals surface area contributed by atoms with Crippen LogP contribution in [0, 0.1) is 0 Å². The van der Waals surface area contributed by atoms with Crippen LogP contribution in [-0.4, -0.2) is 27.5 Å². The van der Waals surface area contributed by atoms with Crippen LogP contribution in [0.25, 0.3) is 10.9 Å². The summed E-state index contributed by atoms with van der Waals surface area (Å²) in [6.45, 7) is 0. The Hall–Kier alpha value is -2.64. The highest BCUT2D eigenvalue weighted by Crippen LogP contribution is 2.23. The Morgan fingerprint density at radius 3 is 2.56 bits per heavy atom. The van der Waals surface area contributed by atoms with Crippen molar-refractivity contribution < 1.29 is 9.59 Å². The van der Waals surface area contributed by atoms with Crippen LogP contribution in [0.15, 0.2) is 59.9 Å². The average molecular weight is 373 g/mol. The monoisotopic (exact) mass is 372 g/mol. The van der Waals surface area contributed by atoms with Crippen LogP contribution in [0.5, 0.6) is 0 Å². The van der Waals surface area contributed by atoms with E-state index < -0.39 is 5.91 Å². The van der Waals surface area contributed by atoms with Crippen LogP contribution in [-0.2, 0) is 4.79 Å². The van der Waals surface area contributed by atoms with Gasteiger partial charge in [0.05, 0.1) is 11.3 Å². The summed E-state index contributed by atoms with van der Waals surface area (Å²) in [5, 5.41) is 2.13. The van der Waals surface area contributed by atoms with Gasteiger partial charge in [-0.05, 0) is 30.3 Å². The molecule has 6 nitrogen and oxygen atoms in total. The van der Waals surface area contributed by atoms with E-state index in [1.54, 1.807) is 24.3 Å². The standard InChI is InChI=1S/C17H13ClN4O2S/c18-12-7-5-11(6-8-12)16(24)22-21-15(23)9-25-17-13-3-1-2-4-14(13)19-10-20-17/h1-8,10H,9H2,(H,21,23)(H,22,24). The lowest BCUT2D eigenvalue weighted by Gasteiger charge is -2.08. The molecule has 2 aromatic carbocycles. The number of fused-ring (bicyclic) bond motifs is 1. The number of hydrazine groups is 1. The minimum atomic E-state index is -0.414. The predicted molar refractivity (Wildman–Crippen MR) is 97.3 cm³/mol. The first kappa shape index (κ1) is 17.2. The summed E-state index contributed by atoms with van der Waals surface area (Å²) in [4.78, 5) is 32.2. The maximum atomic E-state index is 11.9. The fourth-order valence-electron chi connectivity index (χ4n) is 2.07. The highest BCUT2D eigenvalue weighted by Gasteiger charge is 2.10. The van der Waals surface area contributed by atoms with Crippen molar-refractivity contribution in [3.63, 3.8) is 0 Å². The number of benzene rings is 2. The number of para-hydroxylation sites is 1. The van der Waals surface area contributed by atoms with Crippen LogP contribution in [0.4, 0.5) is 0 Å². The van der Waals surface area contributed by atoms with Gasteiger partial charge in [0.25, 0.3) is 5.91 Å². The summed E-state index contributed by atoms with van der Waals surface area (Å²) in [6, 6.07) is 13.9. The second-order valence-corrected chi connectivity index (χ2v) is 6.39. The van der Waals surface area contributed by atoms with Crippen LogP contribution >= 0.6 is 23.4 Å². The molecule has 0 unspecified atom stereocenters. The number of thioether (sulfide) groups is 1. The molecule has 25 heavy (non-hydrogen) atoms. The highest BCUT2D eigenvalue weighted by molar-refractivity contribution is 8.00. The molecule has 0 aliphatic carbocycles. The Bertz CT molecular complexity index is 913. The largest absolute Gasteiger partial charge is 0.272 e. The number of nitrogens with zero attached hydrogens (tertiary/aromatic N) is 2. The number of nitrogens with one attached hydrogen (secondary N) is 2. The fourth-order valence-corrected chi connectivity index (χ4v) is 2.98. The van der Waals surface area contributed by atoms with Gasteiger partial charge in [0.1, 0.15) is 11.4 Å². The first-order chi connectivity index (χ1) is 12.1. The van der Waals surface area contributed by atoms with Crippen molar-refractivity contribution >= 4 is 46.1 Å². The van der Waals surface area contributed by atoms with Crippen molar-refractivity contribution in [3.8, 4) is 0 Å². The lowest BCUT2D eigenvalue weighted by atomic mass is 10.2. The average Bonchev–Trinajstić information content (AvgIpc) is 2.65. The van der Waals surface area contributed by atoms with Crippen LogP contribution in [0.3, 0.4) is 0 Å². The normalized spacial score (nSPS) is 10.4. The van der Waals surface area contributed by atoms with E-state index in [-0.39, 0.29) is 11.7 Å². The van der Waals surface area contributed by atoms with E-state index in [0.717, 1.165) is 10.9 Å². The van der Waals surface area contributed by atoms with E-state index in [1.807, 2.05) is 24.3 Å². The van der Waals surface area contributed by atoms with Crippen LogP contribution in [0.1, 0.15) is 10.4 Å². The summed E-state index contributed by atoms with van der Waals surface area (Å²) < 4.78 is 0. The molecule has 3 rings (SSSR count). The van der Waals surface area contributed by atoms with E-state index in [2.05, 4.69) is 20.8 Å². The minimum Gasteiger partial charge on any atom is -0.272 e. The number of amides is 2. The van der Waals surface area contributed by atoms with E-state index in [0.29, 0.717) is 15.6 Å². The van der Waals surface area contributed by atoms with Crippen molar-refractivity contribution in [2.45, 2.75) is 5.03 Å². The molecule has 0 atom stereocenters. The molecule has 0 aliphatic heterocycles. The molecule has 0 spiro atoms. The molecule has 0 aliphatic rings. The molecule has 126 valence electrons. The van der Waals surface area contributed by atoms with Crippen LogP contribution < -0.4 is 10.9 Å². The lowest BCUT2D eigenvalue weighted by molar-refractivity contribution is -0.119. The lowest BCUT2D eigenvalue weighted by Crippen LogP contribution is -2.42. The van der Waals surface area contributed by atoms with Gasteiger partial charge in [0.15, 0.2) is 0 Å². The first-order valence-corrected chi connectivity index (χ1v) is 8.67. The molecule has 1 heterocycles. The smallest absolute Gasteiger partial charge is 0.269 e. The molecule has 0 saturated carbocycles. The molecule has 0 radical (unpaired) electrons. The quantitative estimate of drug-likeness (QED) is 0.418. The topological polar surface area (TPSA) is 84.0 Å². The van der Waals surface area contributed by atoms with Crippen molar-refractivity contribution in [3.05, 3.63) is 65.4 Å². The third-order valence-corrected chi connectivity index (χ3v) is 4.53. The van der Waals surface area contributed by atoms with Gasteiger partial charge < -0.3 is 0 Å². The SMILES string of the molecule is O=C(CSc1ncnc2ccccc12)NNC(=O)c1ccc(Cl)cc1. The first-order valence-electron chi connectivity index (χ1n) is 7.31. The number of carbonyl (C=O) groups excluding carboxylic acids is 2. The third-order valence-electron chi connectivity index (χ3n) is 3.27. The van der Waals surface area contributed by atoms with Gasteiger partial charge >= 0.3 is 0 Å². The zero-order valence-electron chi connectivity index (χ0n) is 12.9. The molecule has 0 bridgehead atoms. The Morgan fingerprint density at radius 1 is 1.00 bits per heavy atom. The van der Waals surface area contributed by atoms with Crippen molar-refractivity contribution in [2.24, 2.45) is 0 Å². The van der Waals surface area contributed by atoms with Gasteiger partial charge in [-0.25, -0.2) is 9.97 Å². The Kier molecular flexibility index (Phi) is 5.47. The fraction of sp³-hybridized carbons (Fsp3) is 0.0588. The van der Waals surface area contributed by atoms with E-state index in [9.17, 15) is 9.59 Å². The number of aromatic nitrogens is 2. The van der Waals surface area contributed by atoms with E-state index in [4.69, 9.17) is 11.6 Å². The zero-order valence-corrected chi connectivity index (χ0v) is 14.5. The molecule has 1 aromatic heterocycles. The molecular weight excluding hydrogens is 360 g/mol. The Morgan fingerprint density at radius 2 is 1.76 bits per heavy atom. The molecule has 8 heteroatoms. The number of hydrogen-bond acceptors (Lipinski definition) is 5. The maximum absolute atomic E-state index is 11.9. The summed E-state index contributed by atoms with van der Waals surface area (Å²) in [5.41, 5.74) is 5.96. The second-order valence-electron chi connectivity index (χ2n) is 4.99. The summed E-state index contributed by atoms with van der Waals surface area (Å²) in [5.74, 6) is -0.639. The maximum Gasteiger partial charge on any atom is 0.269 e. The van der Waals surface area contributed by atoms with Gasteiger partial charge in [-0.3, -0.25) is 20.4 Å².